The van der Waals surface area contributed by atoms with Crippen molar-refractivity contribution in [2.24, 2.45) is 0 Å². The average Bonchev–Trinajstić information content (AvgIpc) is 2.35. The molecule has 0 atom stereocenters. The maximum atomic E-state index is 11.7. The summed E-state index contributed by atoms with van der Waals surface area (Å²) in [7, 11) is 1.61. The Morgan fingerprint density at radius 2 is 2.06 bits per heavy atom. The number of hydrogen-bond donors (Lipinski definition) is 1. The third kappa shape index (κ3) is 2.20. The highest BCUT2D eigenvalue weighted by molar-refractivity contribution is 5.57. The lowest BCUT2D eigenvalue weighted by atomic mass is 10.2. The van der Waals surface area contributed by atoms with Gasteiger partial charge in [0.25, 0.3) is 5.56 Å². The van der Waals surface area contributed by atoms with Gasteiger partial charge in [0.05, 0.1) is 7.11 Å². The molecule has 0 aliphatic heterocycles. The Morgan fingerprint density at radius 3 is 2.71 bits per heavy atom. The lowest BCUT2D eigenvalue weighted by Crippen LogP contribution is -2.14. The molecular formula is C13H14N2O2. The van der Waals surface area contributed by atoms with Crippen LogP contribution in [-0.2, 0) is 0 Å². The summed E-state index contributed by atoms with van der Waals surface area (Å²) in [5, 5.41) is 0. The van der Waals surface area contributed by atoms with Gasteiger partial charge in [0.15, 0.2) is 0 Å². The zero-order chi connectivity index (χ0) is 12.4. The molecule has 0 bridgehead atoms. The Kier molecular flexibility index (Phi) is 2.95. The third-order valence-electron chi connectivity index (χ3n) is 2.74. The summed E-state index contributed by atoms with van der Waals surface area (Å²) in [5.74, 6) is 1.31. The van der Waals surface area contributed by atoms with Crippen molar-refractivity contribution in [1.82, 2.24) is 9.97 Å². The van der Waals surface area contributed by atoms with E-state index in [4.69, 9.17) is 4.74 Å². The SMILES string of the molecule is COc1cccc(-c2nc(C)c(C)c(=O)[nH]2)c1. The Balaban J connectivity index is 2.56. The van der Waals surface area contributed by atoms with Gasteiger partial charge in [0.1, 0.15) is 11.6 Å². The number of H-pyrrole nitrogens is 1. The Labute approximate surface area is 99.3 Å². The van der Waals surface area contributed by atoms with Gasteiger partial charge in [-0.2, -0.15) is 0 Å². The summed E-state index contributed by atoms with van der Waals surface area (Å²) in [5.41, 5.74) is 2.13. The van der Waals surface area contributed by atoms with Crippen LogP contribution in [-0.4, -0.2) is 17.1 Å². The first kappa shape index (κ1) is 11.4. The van der Waals surface area contributed by atoms with E-state index in [0.29, 0.717) is 11.4 Å². The van der Waals surface area contributed by atoms with E-state index in [1.165, 1.54) is 0 Å². The number of benzene rings is 1. The van der Waals surface area contributed by atoms with E-state index in [1.54, 1.807) is 14.0 Å². The lowest BCUT2D eigenvalue weighted by molar-refractivity contribution is 0.415. The van der Waals surface area contributed by atoms with Crippen LogP contribution in [0.15, 0.2) is 29.1 Å². The van der Waals surface area contributed by atoms with Crippen molar-refractivity contribution in [1.29, 1.82) is 0 Å². The minimum Gasteiger partial charge on any atom is -0.497 e. The number of nitrogens with zero attached hydrogens (tertiary/aromatic N) is 1. The predicted molar refractivity (Wildman–Crippen MR) is 66.3 cm³/mol. The fraction of sp³-hybridized carbons (Fsp3) is 0.231. The molecule has 0 saturated heterocycles. The van der Waals surface area contributed by atoms with E-state index in [9.17, 15) is 4.79 Å². The van der Waals surface area contributed by atoms with Gasteiger partial charge in [-0.15, -0.1) is 0 Å². The molecule has 0 saturated carbocycles. The quantitative estimate of drug-likeness (QED) is 0.859. The molecule has 2 aromatic rings. The number of nitrogens with one attached hydrogen (secondary N) is 1. The van der Waals surface area contributed by atoms with E-state index in [2.05, 4.69) is 9.97 Å². The molecule has 2 rings (SSSR count). The van der Waals surface area contributed by atoms with Crippen LogP contribution in [0, 0.1) is 13.8 Å². The van der Waals surface area contributed by atoms with E-state index < -0.39 is 0 Å². The third-order valence-corrected chi connectivity index (χ3v) is 2.74. The van der Waals surface area contributed by atoms with Crippen LogP contribution in [0.2, 0.25) is 0 Å². The summed E-state index contributed by atoms with van der Waals surface area (Å²) in [4.78, 5) is 18.8. The van der Waals surface area contributed by atoms with Crippen LogP contribution < -0.4 is 10.3 Å². The first-order valence-electron chi connectivity index (χ1n) is 5.34. The molecular weight excluding hydrogens is 216 g/mol. The average molecular weight is 230 g/mol. The number of hydrogen-bond acceptors (Lipinski definition) is 3. The Bertz CT molecular complexity index is 603. The number of ether oxygens (including phenoxy) is 1. The molecule has 4 nitrogen and oxygen atoms in total. The molecule has 1 aromatic carbocycles. The van der Waals surface area contributed by atoms with Gasteiger partial charge in [-0.1, -0.05) is 12.1 Å². The van der Waals surface area contributed by atoms with Gasteiger partial charge >= 0.3 is 0 Å². The van der Waals surface area contributed by atoms with Crippen molar-refractivity contribution in [3.8, 4) is 17.1 Å². The molecule has 88 valence electrons. The predicted octanol–water partition coefficient (Wildman–Crippen LogP) is 2.06. The highest BCUT2D eigenvalue weighted by atomic mass is 16.5. The molecule has 0 aliphatic rings. The van der Waals surface area contributed by atoms with Gasteiger partial charge in [-0.25, -0.2) is 4.98 Å². The molecule has 0 spiro atoms. The number of rotatable bonds is 2. The molecule has 1 aromatic heterocycles. The van der Waals surface area contributed by atoms with Crippen LogP contribution >= 0.6 is 0 Å². The molecule has 1 N–H and O–H groups in total. The summed E-state index contributed by atoms with van der Waals surface area (Å²) in [6.07, 6.45) is 0. The van der Waals surface area contributed by atoms with E-state index in [-0.39, 0.29) is 5.56 Å². The summed E-state index contributed by atoms with van der Waals surface area (Å²) < 4.78 is 5.14. The van der Waals surface area contributed by atoms with Crippen molar-refractivity contribution >= 4 is 0 Å². The standard InChI is InChI=1S/C13H14N2O2/c1-8-9(2)14-12(15-13(8)16)10-5-4-6-11(7-10)17-3/h4-7H,1-3H3,(H,14,15,16). The maximum absolute atomic E-state index is 11.7. The van der Waals surface area contributed by atoms with Crippen molar-refractivity contribution in [2.45, 2.75) is 13.8 Å². The van der Waals surface area contributed by atoms with Crippen LogP contribution in [0.3, 0.4) is 0 Å². The summed E-state index contributed by atoms with van der Waals surface area (Å²) in [6.45, 7) is 3.59. The maximum Gasteiger partial charge on any atom is 0.254 e. The normalized spacial score (nSPS) is 10.3. The van der Waals surface area contributed by atoms with Crippen LogP contribution in [0.4, 0.5) is 0 Å². The molecule has 0 amide bonds. The number of methoxy groups -OCH3 is 1. The molecule has 1 heterocycles. The Hall–Kier alpha value is -2.10. The van der Waals surface area contributed by atoms with Crippen LogP contribution in [0.5, 0.6) is 5.75 Å². The zero-order valence-corrected chi connectivity index (χ0v) is 10.1. The monoisotopic (exact) mass is 230 g/mol. The smallest absolute Gasteiger partial charge is 0.254 e. The van der Waals surface area contributed by atoms with Gasteiger partial charge in [-0.05, 0) is 26.0 Å². The topological polar surface area (TPSA) is 55.0 Å². The first-order valence-corrected chi connectivity index (χ1v) is 5.34. The summed E-state index contributed by atoms with van der Waals surface area (Å²) in [6, 6.07) is 7.44. The molecule has 0 unspecified atom stereocenters. The van der Waals surface area contributed by atoms with Gasteiger partial charge in [0, 0.05) is 16.8 Å². The van der Waals surface area contributed by atoms with E-state index in [0.717, 1.165) is 17.0 Å². The number of aryl methyl sites for hydroxylation is 1. The summed E-state index contributed by atoms with van der Waals surface area (Å²) >= 11 is 0. The highest BCUT2D eigenvalue weighted by Crippen LogP contribution is 2.20. The highest BCUT2D eigenvalue weighted by Gasteiger charge is 2.06. The minimum atomic E-state index is -0.102. The second-order valence-corrected chi connectivity index (χ2v) is 3.86. The van der Waals surface area contributed by atoms with Gasteiger partial charge < -0.3 is 9.72 Å². The van der Waals surface area contributed by atoms with Gasteiger partial charge in [0.2, 0.25) is 0 Å². The fourth-order valence-corrected chi connectivity index (χ4v) is 1.55. The molecule has 0 radical (unpaired) electrons. The zero-order valence-electron chi connectivity index (χ0n) is 10.1. The van der Waals surface area contributed by atoms with Crippen molar-refractivity contribution in [3.63, 3.8) is 0 Å². The van der Waals surface area contributed by atoms with Gasteiger partial charge in [-0.3, -0.25) is 4.79 Å². The Morgan fingerprint density at radius 1 is 1.29 bits per heavy atom. The van der Waals surface area contributed by atoms with Crippen LogP contribution in [0.1, 0.15) is 11.3 Å². The molecule has 0 fully saturated rings. The van der Waals surface area contributed by atoms with E-state index >= 15 is 0 Å². The van der Waals surface area contributed by atoms with E-state index in [1.807, 2.05) is 31.2 Å². The lowest BCUT2D eigenvalue weighted by Gasteiger charge is -2.06. The molecule has 17 heavy (non-hydrogen) atoms. The van der Waals surface area contributed by atoms with Crippen molar-refractivity contribution in [3.05, 3.63) is 45.9 Å². The first-order chi connectivity index (χ1) is 8.11. The molecule has 4 heteroatoms. The second kappa shape index (κ2) is 4.41. The molecule has 0 aliphatic carbocycles. The van der Waals surface area contributed by atoms with Crippen molar-refractivity contribution in [2.75, 3.05) is 7.11 Å². The number of aromatic amines is 1. The largest absolute Gasteiger partial charge is 0.497 e. The van der Waals surface area contributed by atoms with Crippen LogP contribution in [0.25, 0.3) is 11.4 Å². The second-order valence-electron chi connectivity index (χ2n) is 3.86. The number of aromatic nitrogens is 2. The fourth-order valence-electron chi connectivity index (χ4n) is 1.55. The van der Waals surface area contributed by atoms with Crippen molar-refractivity contribution < 1.29 is 4.74 Å². The minimum absolute atomic E-state index is 0.102.